The molecule has 0 heterocycles. The third-order valence-corrected chi connectivity index (χ3v) is 2.86. The van der Waals surface area contributed by atoms with Gasteiger partial charge in [0, 0.05) is 10.0 Å². The summed E-state index contributed by atoms with van der Waals surface area (Å²) >= 11 is 3.21. The number of halogens is 3. The number of benzene rings is 1. The molecule has 0 bridgehead atoms. The van der Waals surface area contributed by atoms with Crippen LogP contribution in [0.5, 0.6) is 0 Å². The molecule has 2 atom stereocenters. The fourth-order valence-corrected chi connectivity index (χ4v) is 1.88. The average Bonchev–Trinajstić information content (AvgIpc) is 2.16. The molecule has 0 aliphatic heterocycles. The van der Waals surface area contributed by atoms with E-state index in [0.29, 0.717) is 16.5 Å². The summed E-state index contributed by atoms with van der Waals surface area (Å²) in [4.78, 5) is 0. The van der Waals surface area contributed by atoms with Crippen LogP contribution in [0.1, 0.15) is 24.9 Å². The quantitative estimate of drug-likeness (QED) is 0.901. The highest BCUT2D eigenvalue weighted by Gasteiger charge is 2.20. The molecule has 1 aromatic carbocycles. The van der Waals surface area contributed by atoms with Crippen LogP contribution in [0, 0.1) is 5.82 Å². The van der Waals surface area contributed by atoms with E-state index < -0.39 is 12.1 Å². The SMILES string of the molecule is CC[C@H](O)[C@H](N)c1c(F)cccc1Br.Cl. The molecule has 0 amide bonds. The van der Waals surface area contributed by atoms with Crippen LogP contribution in [0.3, 0.4) is 0 Å². The molecular formula is C10H14BrClFNO. The Hall–Kier alpha value is -0.160. The van der Waals surface area contributed by atoms with Gasteiger partial charge < -0.3 is 10.8 Å². The number of rotatable bonds is 3. The van der Waals surface area contributed by atoms with Crippen molar-refractivity contribution in [3.8, 4) is 0 Å². The van der Waals surface area contributed by atoms with Crippen LogP contribution in [0.2, 0.25) is 0 Å². The number of aliphatic hydroxyl groups is 1. The van der Waals surface area contributed by atoms with Crippen LogP contribution in [-0.4, -0.2) is 11.2 Å². The number of hydrogen-bond donors (Lipinski definition) is 2. The molecule has 0 saturated heterocycles. The summed E-state index contributed by atoms with van der Waals surface area (Å²) in [6.07, 6.45) is -0.217. The Morgan fingerprint density at radius 3 is 2.60 bits per heavy atom. The number of hydrogen-bond acceptors (Lipinski definition) is 2. The van der Waals surface area contributed by atoms with Gasteiger partial charge in [0.05, 0.1) is 12.1 Å². The highest BCUT2D eigenvalue weighted by atomic mass is 79.9. The van der Waals surface area contributed by atoms with E-state index in [1.807, 2.05) is 0 Å². The molecule has 0 fully saturated rings. The predicted octanol–water partition coefficient (Wildman–Crippen LogP) is 2.78. The fourth-order valence-electron chi connectivity index (χ4n) is 1.28. The van der Waals surface area contributed by atoms with Gasteiger partial charge in [-0.25, -0.2) is 4.39 Å². The van der Waals surface area contributed by atoms with Crippen molar-refractivity contribution >= 4 is 28.3 Å². The highest BCUT2D eigenvalue weighted by molar-refractivity contribution is 9.10. The maximum atomic E-state index is 13.4. The second-order valence-electron chi connectivity index (χ2n) is 3.14. The van der Waals surface area contributed by atoms with Crippen LogP contribution in [0.15, 0.2) is 22.7 Å². The van der Waals surface area contributed by atoms with Gasteiger partial charge >= 0.3 is 0 Å². The van der Waals surface area contributed by atoms with Gasteiger partial charge in [-0.3, -0.25) is 0 Å². The van der Waals surface area contributed by atoms with Crippen molar-refractivity contribution in [1.82, 2.24) is 0 Å². The monoisotopic (exact) mass is 297 g/mol. The van der Waals surface area contributed by atoms with Crippen LogP contribution < -0.4 is 5.73 Å². The van der Waals surface area contributed by atoms with Crippen molar-refractivity contribution < 1.29 is 9.50 Å². The highest BCUT2D eigenvalue weighted by Crippen LogP contribution is 2.27. The van der Waals surface area contributed by atoms with Gasteiger partial charge in [0.25, 0.3) is 0 Å². The van der Waals surface area contributed by atoms with Gasteiger partial charge in [0.1, 0.15) is 5.82 Å². The molecule has 0 radical (unpaired) electrons. The maximum absolute atomic E-state index is 13.4. The number of aliphatic hydroxyl groups excluding tert-OH is 1. The van der Waals surface area contributed by atoms with E-state index >= 15 is 0 Å². The van der Waals surface area contributed by atoms with Gasteiger partial charge in [-0.05, 0) is 18.6 Å². The first kappa shape index (κ1) is 14.8. The molecule has 0 aromatic heterocycles. The summed E-state index contributed by atoms with van der Waals surface area (Å²) in [7, 11) is 0. The molecule has 5 heteroatoms. The molecule has 0 aliphatic rings. The average molecular weight is 299 g/mol. The van der Waals surface area contributed by atoms with E-state index in [9.17, 15) is 9.50 Å². The largest absolute Gasteiger partial charge is 0.391 e. The summed E-state index contributed by atoms with van der Waals surface area (Å²) in [6.45, 7) is 1.80. The van der Waals surface area contributed by atoms with Crippen molar-refractivity contribution in [2.24, 2.45) is 5.73 Å². The first-order valence-electron chi connectivity index (χ1n) is 4.45. The van der Waals surface area contributed by atoms with Crippen LogP contribution in [0.25, 0.3) is 0 Å². The zero-order valence-corrected chi connectivity index (χ0v) is 10.7. The van der Waals surface area contributed by atoms with Gasteiger partial charge in [-0.15, -0.1) is 12.4 Å². The lowest BCUT2D eigenvalue weighted by atomic mass is 10.0. The normalized spacial score (nSPS) is 14.2. The Kier molecular flexibility index (Phi) is 6.36. The molecular weight excluding hydrogens is 284 g/mol. The standard InChI is InChI=1S/C10H13BrFNO.ClH/c1-2-8(14)10(13)9-6(11)4-3-5-7(9)12;/h3-5,8,10,14H,2,13H2,1H3;1H/t8-,10-;/m0./s1. The predicted molar refractivity (Wildman–Crippen MR) is 64.6 cm³/mol. The summed E-state index contributed by atoms with van der Waals surface area (Å²) in [5.74, 6) is -0.389. The summed E-state index contributed by atoms with van der Waals surface area (Å²) < 4.78 is 14.0. The zero-order chi connectivity index (χ0) is 10.7. The molecule has 0 saturated carbocycles. The van der Waals surface area contributed by atoms with E-state index in [0.717, 1.165) is 0 Å². The van der Waals surface area contributed by atoms with Crippen molar-refractivity contribution in [3.63, 3.8) is 0 Å². The van der Waals surface area contributed by atoms with Gasteiger partial charge in [0.2, 0.25) is 0 Å². The maximum Gasteiger partial charge on any atom is 0.129 e. The molecule has 2 nitrogen and oxygen atoms in total. The van der Waals surface area contributed by atoms with Crippen molar-refractivity contribution in [2.75, 3.05) is 0 Å². The van der Waals surface area contributed by atoms with Gasteiger partial charge in [-0.1, -0.05) is 28.9 Å². The van der Waals surface area contributed by atoms with E-state index in [-0.39, 0.29) is 18.2 Å². The molecule has 0 unspecified atom stereocenters. The molecule has 3 N–H and O–H groups in total. The van der Waals surface area contributed by atoms with Crippen LogP contribution >= 0.6 is 28.3 Å². The van der Waals surface area contributed by atoms with Gasteiger partial charge in [-0.2, -0.15) is 0 Å². The van der Waals surface area contributed by atoms with Crippen LogP contribution in [0.4, 0.5) is 4.39 Å². The minimum atomic E-state index is -0.719. The third-order valence-electron chi connectivity index (χ3n) is 2.17. The van der Waals surface area contributed by atoms with Crippen molar-refractivity contribution in [3.05, 3.63) is 34.1 Å². The summed E-state index contributed by atoms with van der Waals surface area (Å²) in [6, 6.07) is 3.95. The molecule has 86 valence electrons. The van der Waals surface area contributed by atoms with E-state index in [1.54, 1.807) is 19.1 Å². The Labute approximate surface area is 103 Å². The minimum absolute atomic E-state index is 0. The lowest BCUT2D eigenvalue weighted by Crippen LogP contribution is -2.26. The topological polar surface area (TPSA) is 46.2 Å². The fraction of sp³-hybridized carbons (Fsp3) is 0.400. The van der Waals surface area contributed by atoms with Crippen molar-refractivity contribution in [2.45, 2.75) is 25.5 Å². The molecule has 15 heavy (non-hydrogen) atoms. The van der Waals surface area contributed by atoms with E-state index in [2.05, 4.69) is 15.9 Å². The first-order chi connectivity index (χ1) is 6.57. The number of nitrogens with two attached hydrogens (primary N) is 1. The van der Waals surface area contributed by atoms with E-state index in [4.69, 9.17) is 5.73 Å². The third kappa shape index (κ3) is 3.41. The molecule has 1 rings (SSSR count). The molecule has 1 aromatic rings. The zero-order valence-electron chi connectivity index (χ0n) is 8.28. The lowest BCUT2D eigenvalue weighted by Gasteiger charge is -2.19. The van der Waals surface area contributed by atoms with E-state index in [1.165, 1.54) is 6.07 Å². The second kappa shape index (κ2) is 6.43. The van der Waals surface area contributed by atoms with Crippen LogP contribution in [-0.2, 0) is 0 Å². The first-order valence-corrected chi connectivity index (χ1v) is 5.24. The smallest absolute Gasteiger partial charge is 0.129 e. The van der Waals surface area contributed by atoms with Gasteiger partial charge in [0.15, 0.2) is 0 Å². The molecule has 0 aliphatic carbocycles. The summed E-state index contributed by atoms with van der Waals surface area (Å²) in [5.41, 5.74) is 6.07. The summed E-state index contributed by atoms with van der Waals surface area (Å²) in [5, 5.41) is 9.52. The van der Waals surface area contributed by atoms with Crippen molar-refractivity contribution in [1.29, 1.82) is 0 Å². The Morgan fingerprint density at radius 2 is 2.13 bits per heavy atom. The Bertz CT molecular complexity index is 304. The Morgan fingerprint density at radius 1 is 1.53 bits per heavy atom. The Balaban J connectivity index is 0.00000196. The molecule has 0 spiro atoms. The second-order valence-corrected chi connectivity index (χ2v) is 3.99. The minimum Gasteiger partial charge on any atom is -0.391 e. The lowest BCUT2D eigenvalue weighted by molar-refractivity contribution is 0.139.